The summed E-state index contributed by atoms with van der Waals surface area (Å²) in [6.07, 6.45) is 3.35. The molecule has 3 rings (SSSR count). The van der Waals surface area contributed by atoms with Crippen LogP contribution in [0.5, 0.6) is 0 Å². The van der Waals surface area contributed by atoms with Gasteiger partial charge in [-0.15, -0.1) is 11.3 Å². The van der Waals surface area contributed by atoms with Crippen LogP contribution in [0.15, 0.2) is 42.0 Å². The lowest BCUT2D eigenvalue weighted by Gasteiger charge is -2.34. The summed E-state index contributed by atoms with van der Waals surface area (Å²) in [6.45, 7) is 4.33. The molecular weight excluding hydrogens is 284 g/mol. The summed E-state index contributed by atoms with van der Waals surface area (Å²) in [4.78, 5) is 21.8. The molecule has 1 aliphatic heterocycles. The highest BCUT2D eigenvalue weighted by Gasteiger charge is 2.21. The van der Waals surface area contributed by atoms with E-state index in [0.29, 0.717) is 0 Å². The van der Waals surface area contributed by atoms with Crippen molar-refractivity contribution in [1.82, 2.24) is 14.8 Å². The van der Waals surface area contributed by atoms with Crippen LogP contribution in [0.25, 0.3) is 0 Å². The fourth-order valence-electron chi connectivity index (χ4n) is 2.37. The van der Waals surface area contributed by atoms with Crippen LogP contribution in [0.2, 0.25) is 0 Å². The predicted molar refractivity (Wildman–Crippen MR) is 84.4 cm³/mol. The number of rotatable bonds is 3. The lowest BCUT2D eigenvalue weighted by atomic mass is 10.3. The second-order valence-electron chi connectivity index (χ2n) is 5.01. The van der Waals surface area contributed by atoms with Crippen LogP contribution in [0, 0.1) is 0 Å². The summed E-state index contributed by atoms with van der Waals surface area (Å²) in [7, 11) is 0. The summed E-state index contributed by atoms with van der Waals surface area (Å²) in [5, 5.41) is 4.98. The molecule has 6 heteroatoms. The Balaban J connectivity index is 1.48. The fourth-order valence-corrected chi connectivity index (χ4v) is 3.12. The van der Waals surface area contributed by atoms with Gasteiger partial charge in [0, 0.05) is 43.8 Å². The van der Waals surface area contributed by atoms with Gasteiger partial charge in [0.15, 0.2) is 0 Å². The molecule has 1 N–H and O–H groups in total. The molecule has 1 saturated heterocycles. The maximum Gasteiger partial charge on any atom is 0.321 e. The van der Waals surface area contributed by atoms with E-state index < -0.39 is 0 Å². The lowest BCUT2D eigenvalue weighted by molar-refractivity contribution is 0.143. The Morgan fingerprint density at radius 3 is 2.76 bits per heavy atom. The number of carbonyl (C=O) groups is 1. The van der Waals surface area contributed by atoms with E-state index in [0.717, 1.165) is 38.4 Å². The van der Waals surface area contributed by atoms with Gasteiger partial charge in [-0.2, -0.15) is 0 Å². The minimum absolute atomic E-state index is 0.0428. The third kappa shape index (κ3) is 3.80. The number of nitrogens with one attached hydrogen (secondary N) is 1. The van der Waals surface area contributed by atoms with E-state index in [4.69, 9.17) is 0 Å². The molecule has 3 heterocycles. The molecule has 0 spiro atoms. The van der Waals surface area contributed by atoms with Gasteiger partial charge < -0.3 is 10.2 Å². The van der Waals surface area contributed by atoms with E-state index in [-0.39, 0.29) is 6.03 Å². The van der Waals surface area contributed by atoms with E-state index >= 15 is 0 Å². The van der Waals surface area contributed by atoms with Gasteiger partial charge in [-0.3, -0.25) is 9.88 Å². The van der Waals surface area contributed by atoms with E-state index in [2.05, 4.69) is 32.7 Å². The average molecular weight is 302 g/mol. The Hall–Kier alpha value is -1.92. The zero-order chi connectivity index (χ0) is 14.5. The first-order valence-corrected chi connectivity index (χ1v) is 7.90. The van der Waals surface area contributed by atoms with Crippen molar-refractivity contribution in [2.45, 2.75) is 6.54 Å². The van der Waals surface area contributed by atoms with Gasteiger partial charge in [0.1, 0.15) is 0 Å². The summed E-state index contributed by atoms with van der Waals surface area (Å²) in [5.41, 5.74) is 0.739. The molecule has 2 aromatic heterocycles. The minimum atomic E-state index is -0.0428. The van der Waals surface area contributed by atoms with Crippen molar-refractivity contribution >= 4 is 23.1 Å². The maximum atomic E-state index is 12.2. The number of amides is 2. The molecule has 0 aromatic carbocycles. The highest BCUT2D eigenvalue weighted by Crippen LogP contribution is 2.14. The molecule has 0 saturated carbocycles. The summed E-state index contributed by atoms with van der Waals surface area (Å²) in [5.74, 6) is 0. The number of hydrogen-bond acceptors (Lipinski definition) is 4. The molecule has 110 valence electrons. The highest BCUT2D eigenvalue weighted by molar-refractivity contribution is 7.09. The van der Waals surface area contributed by atoms with Crippen LogP contribution >= 0.6 is 11.3 Å². The number of anilines is 1. The number of urea groups is 1. The van der Waals surface area contributed by atoms with Crippen molar-refractivity contribution in [2.75, 3.05) is 31.5 Å². The van der Waals surface area contributed by atoms with Gasteiger partial charge in [0.25, 0.3) is 0 Å². The zero-order valence-electron chi connectivity index (χ0n) is 11.7. The van der Waals surface area contributed by atoms with Crippen molar-refractivity contribution in [3.8, 4) is 0 Å². The van der Waals surface area contributed by atoms with Crippen molar-refractivity contribution in [3.05, 3.63) is 46.9 Å². The maximum absolute atomic E-state index is 12.2. The number of aromatic nitrogens is 1. The minimum Gasteiger partial charge on any atom is -0.322 e. The van der Waals surface area contributed by atoms with Crippen LogP contribution in [-0.2, 0) is 6.54 Å². The largest absolute Gasteiger partial charge is 0.322 e. The Morgan fingerprint density at radius 1 is 1.24 bits per heavy atom. The Morgan fingerprint density at radius 2 is 2.10 bits per heavy atom. The van der Waals surface area contributed by atoms with E-state index in [1.165, 1.54) is 4.88 Å². The second-order valence-corrected chi connectivity index (χ2v) is 6.05. The number of pyridine rings is 1. The molecular formula is C15H18N4OS. The van der Waals surface area contributed by atoms with Gasteiger partial charge in [0.05, 0.1) is 11.9 Å². The fraction of sp³-hybridized carbons (Fsp3) is 0.333. The van der Waals surface area contributed by atoms with Crippen LogP contribution < -0.4 is 5.32 Å². The predicted octanol–water partition coefficient (Wildman–Crippen LogP) is 2.49. The average Bonchev–Trinajstić information content (AvgIpc) is 3.02. The van der Waals surface area contributed by atoms with Crippen molar-refractivity contribution < 1.29 is 4.79 Å². The molecule has 2 amide bonds. The molecule has 0 atom stereocenters. The summed E-state index contributed by atoms with van der Waals surface area (Å²) in [6, 6.07) is 7.86. The first-order chi connectivity index (χ1) is 10.3. The topological polar surface area (TPSA) is 48.5 Å². The van der Waals surface area contributed by atoms with Gasteiger partial charge in [-0.1, -0.05) is 6.07 Å². The summed E-state index contributed by atoms with van der Waals surface area (Å²) < 4.78 is 0. The number of hydrogen-bond donors (Lipinski definition) is 1. The molecule has 1 aliphatic rings. The molecule has 21 heavy (non-hydrogen) atoms. The summed E-state index contributed by atoms with van der Waals surface area (Å²) >= 11 is 1.78. The highest BCUT2D eigenvalue weighted by atomic mass is 32.1. The first-order valence-electron chi connectivity index (χ1n) is 7.02. The molecule has 2 aromatic rings. The third-order valence-electron chi connectivity index (χ3n) is 3.53. The molecule has 5 nitrogen and oxygen atoms in total. The number of carbonyl (C=O) groups excluding carboxylic acids is 1. The SMILES string of the molecule is O=C(Nc1cccnc1)N1CCN(Cc2cccs2)CC1. The molecule has 0 unspecified atom stereocenters. The smallest absolute Gasteiger partial charge is 0.321 e. The number of nitrogens with zero attached hydrogens (tertiary/aromatic N) is 3. The lowest BCUT2D eigenvalue weighted by Crippen LogP contribution is -2.49. The molecule has 0 aliphatic carbocycles. The van der Waals surface area contributed by atoms with Crippen LogP contribution in [-0.4, -0.2) is 47.0 Å². The first kappa shape index (κ1) is 14.0. The molecule has 0 radical (unpaired) electrons. The Bertz CT molecular complexity index is 565. The Kier molecular flexibility index (Phi) is 4.47. The van der Waals surface area contributed by atoms with E-state index in [1.54, 1.807) is 23.7 Å². The van der Waals surface area contributed by atoms with Gasteiger partial charge in [0.2, 0.25) is 0 Å². The van der Waals surface area contributed by atoms with Gasteiger partial charge >= 0.3 is 6.03 Å². The van der Waals surface area contributed by atoms with E-state index in [1.807, 2.05) is 17.0 Å². The van der Waals surface area contributed by atoms with Crippen molar-refractivity contribution in [3.63, 3.8) is 0 Å². The monoisotopic (exact) mass is 302 g/mol. The van der Waals surface area contributed by atoms with Gasteiger partial charge in [-0.05, 0) is 23.6 Å². The standard InChI is InChI=1S/C15H18N4OS/c20-15(17-13-3-1-5-16-11-13)19-8-6-18(7-9-19)12-14-4-2-10-21-14/h1-5,10-11H,6-9,12H2,(H,17,20). The number of thiophene rings is 1. The van der Waals surface area contributed by atoms with Crippen LogP contribution in [0.1, 0.15) is 4.88 Å². The van der Waals surface area contributed by atoms with Crippen molar-refractivity contribution in [2.24, 2.45) is 0 Å². The molecule has 0 bridgehead atoms. The van der Waals surface area contributed by atoms with Crippen LogP contribution in [0.4, 0.5) is 10.5 Å². The second kappa shape index (κ2) is 6.69. The molecule has 1 fully saturated rings. The normalized spacial score (nSPS) is 15.9. The van der Waals surface area contributed by atoms with Gasteiger partial charge in [-0.25, -0.2) is 4.79 Å². The third-order valence-corrected chi connectivity index (χ3v) is 4.39. The van der Waals surface area contributed by atoms with Crippen LogP contribution in [0.3, 0.4) is 0 Å². The quantitative estimate of drug-likeness (QED) is 0.947. The van der Waals surface area contributed by atoms with Crippen molar-refractivity contribution in [1.29, 1.82) is 0 Å². The van der Waals surface area contributed by atoms with E-state index in [9.17, 15) is 4.79 Å². The number of piperazine rings is 1. The zero-order valence-corrected chi connectivity index (χ0v) is 12.6. The Labute approximate surface area is 128 Å².